The quantitative estimate of drug-likeness (QED) is 0.752. The molecule has 5 heteroatoms. The SMILES string of the molecule is COCc1nn(C(C)C)c(Cl)c1CCl. The molecule has 0 spiro atoms. The number of hydrogen-bond donors (Lipinski definition) is 0. The van der Waals surface area contributed by atoms with E-state index in [1.54, 1.807) is 11.8 Å². The summed E-state index contributed by atoms with van der Waals surface area (Å²) in [7, 11) is 1.63. The molecule has 80 valence electrons. The Bertz CT molecular complexity index is 310. The van der Waals surface area contributed by atoms with E-state index in [0.29, 0.717) is 17.6 Å². The van der Waals surface area contributed by atoms with Crippen molar-refractivity contribution in [3.8, 4) is 0 Å². The zero-order valence-electron chi connectivity index (χ0n) is 8.55. The second-order valence-corrected chi connectivity index (χ2v) is 3.95. The Labute approximate surface area is 93.9 Å². The van der Waals surface area contributed by atoms with Gasteiger partial charge >= 0.3 is 0 Å². The van der Waals surface area contributed by atoms with E-state index >= 15 is 0 Å². The minimum Gasteiger partial charge on any atom is -0.378 e. The molecule has 0 radical (unpaired) electrons. The Hall–Kier alpha value is -0.250. The number of nitrogens with zero attached hydrogens (tertiary/aromatic N) is 2. The van der Waals surface area contributed by atoms with E-state index in [2.05, 4.69) is 5.10 Å². The van der Waals surface area contributed by atoms with E-state index in [1.807, 2.05) is 13.8 Å². The lowest BCUT2D eigenvalue weighted by molar-refractivity contribution is 0.180. The zero-order valence-corrected chi connectivity index (χ0v) is 10.1. The van der Waals surface area contributed by atoms with Crippen LogP contribution in [0, 0.1) is 0 Å². The van der Waals surface area contributed by atoms with Crippen LogP contribution >= 0.6 is 23.2 Å². The van der Waals surface area contributed by atoms with E-state index in [4.69, 9.17) is 27.9 Å². The maximum Gasteiger partial charge on any atom is 0.132 e. The first-order valence-electron chi connectivity index (χ1n) is 4.42. The summed E-state index contributed by atoms with van der Waals surface area (Å²) < 4.78 is 6.78. The van der Waals surface area contributed by atoms with Crippen LogP contribution in [0.2, 0.25) is 5.15 Å². The second kappa shape index (κ2) is 5.01. The summed E-state index contributed by atoms with van der Waals surface area (Å²) in [6.07, 6.45) is 0. The molecule has 0 N–H and O–H groups in total. The molecule has 0 fully saturated rings. The summed E-state index contributed by atoms with van der Waals surface area (Å²) in [4.78, 5) is 0. The predicted molar refractivity (Wildman–Crippen MR) is 57.9 cm³/mol. The van der Waals surface area contributed by atoms with E-state index in [9.17, 15) is 0 Å². The van der Waals surface area contributed by atoms with Crippen molar-refractivity contribution in [2.45, 2.75) is 32.4 Å². The normalized spacial score (nSPS) is 11.3. The molecular weight excluding hydrogens is 223 g/mol. The molecule has 1 aromatic rings. The lowest BCUT2D eigenvalue weighted by atomic mass is 10.3. The number of halogens is 2. The van der Waals surface area contributed by atoms with E-state index in [0.717, 1.165) is 11.3 Å². The van der Waals surface area contributed by atoms with Gasteiger partial charge in [0, 0.05) is 18.7 Å². The van der Waals surface area contributed by atoms with Crippen LogP contribution in [-0.4, -0.2) is 16.9 Å². The number of methoxy groups -OCH3 is 1. The van der Waals surface area contributed by atoms with Crippen LogP contribution < -0.4 is 0 Å². The average molecular weight is 237 g/mol. The molecule has 0 atom stereocenters. The highest BCUT2D eigenvalue weighted by Crippen LogP contribution is 2.25. The van der Waals surface area contributed by atoms with Crippen molar-refractivity contribution in [2.75, 3.05) is 7.11 Å². The third kappa shape index (κ3) is 2.22. The van der Waals surface area contributed by atoms with Gasteiger partial charge in [-0.2, -0.15) is 5.10 Å². The van der Waals surface area contributed by atoms with Crippen molar-refractivity contribution in [1.82, 2.24) is 9.78 Å². The summed E-state index contributed by atoms with van der Waals surface area (Å²) in [6.45, 7) is 4.49. The standard InChI is InChI=1S/C9H14Cl2N2O/c1-6(2)13-9(11)7(4-10)8(12-13)5-14-3/h6H,4-5H2,1-3H3. The third-order valence-electron chi connectivity index (χ3n) is 1.93. The summed E-state index contributed by atoms with van der Waals surface area (Å²) in [6, 6.07) is 0.232. The Morgan fingerprint density at radius 1 is 1.50 bits per heavy atom. The fourth-order valence-corrected chi connectivity index (χ4v) is 1.98. The van der Waals surface area contributed by atoms with Gasteiger partial charge in [0.05, 0.1) is 18.2 Å². The summed E-state index contributed by atoms with van der Waals surface area (Å²) in [5, 5.41) is 4.96. The molecule has 0 amide bonds. The highest BCUT2D eigenvalue weighted by Gasteiger charge is 2.16. The van der Waals surface area contributed by atoms with Crippen LogP contribution in [0.5, 0.6) is 0 Å². The summed E-state index contributed by atoms with van der Waals surface area (Å²) >= 11 is 11.9. The van der Waals surface area contributed by atoms with Gasteiger partial charge in [-0.25, -0.2) is 0 Å². The molecule has 0 aliphatic heterocycles. The van der Waals surface area contributed by atoms with Crippen LogP contribution in [0.1, 0.15) is 31.1 Å². The van der Waals surface area contributed by atoms with E-state index < -0.39 is 0 Å². The Morgan fingerprint density at radius 3 is 2.57 bits per heavy atom. The number of ether oxygens (including phenoxy) is 1. The molecule has 0 aliphatic rings. The molecule has 1 aromatic heterocycles. The molecule has 0 aromatic carbocycles. The predicted octanol–water partition coefficient (Wildman–Crippen LogP) is 3.00. The van der Waals surface area contributed by atoms with Crippen molar-refractivity contribution in [2.24, 2.45) is 0 Å². The van der Waals surface area contributed by atoms with Gasteiger partial charge in [0.1, 0.15) is 5.15 Å². The monoisotopic (exact) mass is 236 g/mol. The Balaban J connectivity index is 3.10. The Morgan fingerprint density at radius 2 is 2.14 bits per heavy atom. The maximum atomic E-state index is 6.12. The number of rotatable bonds is 4. The minimum absolute atomic E-state index is 0.232. The number of hydrogen-bond acceptors (Lipinski definition) is 2. The highest BCUT2D eigenvalue weighted by atomic mass is 35.5. The first kappa shape index (κ1) is 11.8. The molecule has 0 unspecified atom stereocenters. The fourth-order valence-electron chi connectivity index (χ4n) is 1.22. The van der Waals surface area contributed by atoms with E-state index in [1.165, 1.54) is 0 Å². The van der Waals surface area contributed by atoms with Crippen molar-refractivity contribution in [3.63, 3.8) is 0 Å². The van der Waals surface area contributed by atoms with Gasteiger partial charge in [-0.05, 0) is 13.8 Å². The maximum absolute atomic E-state index is 6.12. The molecule has 3 nitrogen and oxygen atoms in total. The van der Waals surface area contributed by atoms with Gasteiger partial charge in [0.2, 0.25) is 0 Å². The topological polar surface area (TPSA) is 27.1 Å². The first-order valence-corrected chi connectivity index (χ1v) is 5.33. The van der Waals surface area contributed by atoms with E-state index in [-0.39, 0.29) is 6.04 Å². The number of aromatic nitrogens is 2. The van der Waals surface area contributed by atoms with Crippen LogP contribution in [0.3, 0.4) is 0 Å². The van der Waals surface area contributed by atoms with Gasteiger partial charge in [0.15, 0.2) is 0 Å². The fraction of sp³-hybridized carbons (Fsp3) is 0.667. The van der Waals surface area contributed by atoms with Gasteiger partial charge < -0.3 is 4.74 Å². The van der Waals surface area contributed by atoms with Gasteiger partial charge in [0.25, 0.3) is 0 Å². The van der Waals surface area contributed by atoms with Crippen LogP contribution in [0.15, 0.2) is 0 Å². The molecule has 0 aliphatic carbocycles. The van der Waals surface area contributed by atoms with Crippen LogP contribution in [-0.2, 0) is 17.2 Å². The average Bonchev–Trinajstić information content (AvgIpc) is 2.43. The van der Waals surface area contributed by atoms with Crippen molar-refractivity contribution >= 4 is 23.2 Å². The van der Waals surface area contributed by atoms with Crippen molar-refractivity contribution in [3.05, 3.63) is 16.4 Å². The molecular formula is C9H14Cl2N2O. The Kier molecular flexibility index (Phi) is 4.23. The third-order valence-corrected chi connectivity index (χ3v) is 2.60. The lowest BCUT2D eigenvalue weighted by Gasteiger charge is -2.05. The van der Waals surface area contributed by atoms with Gasteiger partial charge in [-0.15, -0.1) is 11.6 Å². The smallest absolute Gasteiger partial charge is 0.132 e. The van der Waals surface area contributed by atoms with Gasteiger partial charge in [-0.3, -0.25) is 4.68 Å². The minimum atomic E-state index is 0.232. The highest BCUT2D eigenvalue weighted by molar-refractivity contribution is 6.31. The largest absolute Gasteiger partial charge is 0.378 e. The number of alkyl halides is 1. The summed E-state index contributed by atoms with van der Waals surface area (Å²) in [5.74, 6) is 0.365. The zero-order chi connectivity index (χ0) is 10.7. The lowest BCUT2D eigenvalue weighted by Crippen LogP contribution is -2.03. The molecule has 0 bridgehead atoms. The second-order valence-electron chi connectivity index (χ2n) is 3.32. The van der Waals surface area contributed by atoms with Crippen molar-refractivity contribution in [1.29, 1.82) is 0 Å². The summed E-state index contributed by atoms with van der Waals surface area (Å²) in [5.41, 5.74) is 1.69. The van der Waals surface area contributed by atoms with Crippen LogP contribution in [0.4, 0.5) is 0 Å². The molecule has 1 heterocycles. The van der Waals surface area contributed by atoms with Crippen molar-refractivity contribution < 1.29 is 4.74 Å². The van der Waals surface area contributed by atoms with Gasteiger partial charge in [-0.1, -0.05) is 11.6 Å². The molecule has 1 rings (SSSR count). The van der Waals surface area contributed by atoms with Crippen LogP contribution in [0.25, 0.3) is 0 Å². The molecule has 0 saturated carbocycles. The molecule has 14 heavy (non-hydrogen) atoms. The first-order chi connectivity index (χ1) is 6.61. The molecule has 0 saturated heterocycles.